The van der Waals surface area contributed by atoms with E-state index in [9.17, 15) is 4.79 Å². The Kier molecular flexibility index (Phi) is 5.70. The van der Waals surface area contributed by atoms with Gasteiger partial charge in [0.1, 0.15) is 5.75 Å². The first-order chi connectivity index (χ1) is 7.29. The van der Waals surface area contributed by atoms with Crippen LogP contribution in [0, 0.1) is 0 Å². The Labute approximate surface area is 94.0 Å². The van der Waals surface area contributed by atoms with Crippen LogP contribution in [0.15, 0.2) is 30.3 Å². The van der Waals surface area contributed by atoms with Crippen LogP contribution < -0.4 is 10.5 Å². The molecule has 0 atom stereocenters. The maximum atomic E-state index is 10.4. The molecule has 0 fully saturated rings. The number of thioether (sulfide) groups is 1. The fourth-order valence-electron chi connectivity index (χ4n) is 1.08. The fourth-order valence-corrected chi connectivity index (χ4v) is 1.63. The second-order valence-electron chi connectivity index (χ2n) is 3.04. The number of primary amides is 1. The molecule has 1 amide bonds. The molecule has 82 valence electrons. The fraction of sp³-hybridized carbons (Fsp3) is 0.364. The number of hydrogen-bond acceptors (Lipinski definition) is 3. The van der Waals surface area contributed by atoms with Crippen LogP contribution in [0.1, 0.15) is 12.8 Å². The normalized spacial score (nSPS) is 9.87. The highest BCUT2D eigenvalue weighted by molar-refractivity contribution is 8.13. The van der Waals surface area contributed by atoms with Crippen LogP contribution in [0.25, 0.3) is 0 Å². The van der Waals surface area contributed by atoms with Gasteiger partial charge in [-0.05, 0) is 25.0 Å². The molecule has 1 aromatic carbocycles. The number of para-hydroxylation sites is 1. The summed E-state index contributed by atoms with van der Waals surface area (Å²) >= 11 is 1.16. The summed E-state index contributed by atoms with van der Waals surface area (Å²) in [6, 6.07) is 9.70. The molecule has 0 spiro atoms. The van der Waals surface area contributed by atoms with Gasteiger partial charge in [-0.25, -0.2) is 0 Å². The Morgan fingerprint density at radius 1 is 1.27 bits per heavy atom. The first-order valence-corrected chi connectivity index (χ1v) is 5.87. The molecular formula is C11H15NO2S. The summed E-state index contributed by atoms with van der Waals surface area (Å²) in [7, 11) is 0. The Hall–Kier alpha value is -1.16. The van der Waals surface area contributed by atoms with Crippen molar-refractivity contribution in [2.24, 2.45) is 5.73 Å². The summed E-state index contributed by atoms with van der Waals surface area (Å²) in [5.41, 5.74) is 4.99. The second kappa shape index (κ2) is 7.17. The van der Waals surface area contributed by atoms with E-state index >= 15 is 0 Å². The van der Waals surface area contributed by atoms with Crippen LogP contribution >= 0.6 is 11.8 Å². The molecule has 0 aliphatic rings. The third-order valence-electron chi connectivity index (χ3n) is 1.79. The molecule has 0 radical (unpaired) electrons. The minimum atomic E-state index is -0.307. The van der Waals surface area contributed by atoms with Crippen molar-refractivity contribution in [1.29, 1.82) is 0 Å². The van der Waals surface area contributed by atoms with E-state index in [-0.39, 0.29) is 5.24 Å². The lowest BCUT2D eigenvalue weighted by molar-refractivity contribution is 0.267. The number of amides is 1. The lowest BCUT2D eigenvalue weighted by Gasteiger charge is -2.04. The van der Waals surface area contributed by atoms with Crippen LogP contribution in [-0.2, 0) is 0 Å². The first kappa shape index (κ1) is 11.9. The van der Waals surface area contributed by atoms with Crippen LogP contribution in [-0.4, -0.2) is 17.6 Å². The van der Waals surface area contributed by atoms with E-state index in [1.807, 2.05) is 30.3 Å². The zero-order valence-corrected chi connectivity index (χ0v) is 9.33. The average molecular weight is 225 g/mol. The van der Waals surface area contributed by atoms with E-state index in [4.69, 9.17) is 10.5 Å². The molecule has 3 nitrogen and oxygen atoms in total. The first-order valence-electron chi connectivity index (χ1n) is 4.89. The van der Waals surface area contributed by atoms with Gasteiger partial charge in [-0.2, -0.15) is 0 Å². The number of rotatable bonds is 6. The summed E-state index contributed by atoms with van der Waals surface area (Å²) in [5, 5.41) is -0.307. The summed E-state index contributed by atoms with van der Waals surface area (Å²) in [6.07, 6.45) is 1.88. The third kappa shape index (κ3) is 6.01. The molecule has 1 rings (SSSR count). The predicted molar refractivity (Wildman–Crippen MR) is 63.2 cm³/mol. The topological polar surface area (TPSA) is 52.3 Å². The maximum Gasteiger partial charge on any atom is 0.276 e. The molecule has 0 aliphatic carbocycles. The molecule has 0 aromatic heterocycles. The molecule has 0 saturated heterocycles. The zero-order chi connectivity index (χ0) is 10.9. The highest BCUT2D eigenvalue weighted by Gasteiger charge is 1.95. The predicted octanol–water partition coefficient (Wildman–Crippen LogP) is 2.66. The molecule has 2 N–H and O–H groups in total. The molecule has 0 heterocycles. The van der Waals surface area contributed by atoms with E-state index in [1.54, 1.807) is 0 Å². The molecule has 0 unspecified atom stereocenters. The van der Waals surface area contributed by atoms with E-state index < -0.39 is 0 Å². The monoisotopic (exact) mass is 225 g/mol. The van der Waals surface area contributed by atoms with Gasteiger partial charge < -0.3 is 10.5 Å². The van der Waals surface area contributed by atoms with Crippen molar-refractivity contribution >= 4 is 17.0 Å². The van der Waals surface area contributed by atoms with Crippen LogP contribution in [0.5, 0.6) is 5.75 Å². The van der Waals surface area contributed by atoms with Crippen molar-refractivity contribution in [3.63, 3.8) is 0 Å². The number of unbranched alkanes of at least 4 members (excludes halogenated alkanes) is 1. The summed E-state index contributed by atoms with van der Waals surface area (Å²) in [6.45, 7) is 0.684. The molecule has 1 aromatic rings. The molecule has 0 bridgehead atoms. The highest BCUT2D eigenvalue weighted by atomic mass is 32.2. The van der Waals surface area contributed by atoms with Gasteiger partial charge in [-0.15, -0.1) is 0 Å². The van der Waals surface area contributed by atoms with Gasteiger partial charge in [0.05, 0.1) is 6.61 Å². The third-order valence-corrected chi connectivity index (χ3v) is 2.57. The van der Waals surface area contributed by atoms with Crippen LogP contribution in [0.4, 0.5) is 4.79 Å². The minimum Gasteiger partial charge on any atom is -0.494 e. The van der Waals surface area contributed by atoms with Crippen molar-refractivity contribution < 1.29 is 9.53 Å². The van der Waals surface area contributed by atoms with Crippen LogP contribution in [0.3, 0.4) is 0 Å². The standard InChI is InChI=1S/C11H15NO2S/c12-11(13)15-9-5-4-8-14-10-6-2-1-3-7-10/h1-3,6-7H,4-5,8-9H2,(H2,12,13). The quantitative estimate of drug-likeness (QED) is 0.757. The van der Waals surface area contributed by atoms with Crippen LogP contribution in [0.2, 0.25) is 0 Å². The lowest BCUT2D eigenvalue weighted by Crippen LogP contribution is -2.04. The summed E-state index contributed by atoms with van der Waals surface area (Å²) < 4.78 is 5.49. The average Bonchev–Trinajstić information content (AvgIpc) is 2.24. The second-order valence-corrected chi connectivity index (χ2v) is 4.14. The van der Waals surface area contributed by atoms with E-state index in [0.29, 0.717) is 6.61 Å². The van der Waals surface area contributed by atoms with Gasteiger partial charge in [-0.1, -0.05) is 30.0 Å². The molecule has 0 saturated carbocycles. The van der Waals surface area contributed by atoms with Gasteiger partial charge in [0.2, 0.25) is 0 Å². The number of nitrogens with two attached hydrogens (primary N) is 1. The lowest BCUT2D eigenvalue weighted by atomic mass is 10.3. The Bertz CT molecular complexity index is 290. The molecule has 4 heteroatoms. The van der Waals surface area contributed by atoms with Gasteiger partial charge in [0.15, 0.2) is 0 Å². The maximum absolute atomic E-state index is 10.4. The Balaban J connectivity index is 2.00. The van der Waals surface area contributed by atoms with Gasteiger partial charge >= 0.3 is 0 Å². The number of hydrogen-bond donors (Lipinski definition) is 1. The van der Waals surface area contributed by atoms with E-state index in [2.05, 4.69) is 0 Å². The summed E-state index contributed by atoms with van der Waals surface area (Å²) in [4.78, 5) is 10.4. The van der Waals surface area contributed by atoms with Crippen molar-refractivity contribution in [1.82, 2.24) is 0 Å². The van der Waals surface area contributed by atoms with E-state index in [0.717, 1.165) is 36.1 Å². The number of carbonyl (C=O) groups excluding carboxylic acids is 1. The Morgan fingerprint density at radius 2 is 2.00 bits per heavy atom. The largest absolute Gasteiger partial charge is 0.494 e. The van der Waals surface area contributed by atoms with Crippen molar-refractivity contribution in [3.8, 4) is 5.75 Å². The minimum absolute atomic E-state index is 0.307. The van der Waals surface area contributed by atoms with Gasteiger partial charge in [0, 0.05) is 5.75 Å². The number of benzene rings is 1. The van der Waals surface area contributed by atoms with Crippen molar-refractivity contribution in [2.45, 2.75) is 12.8 Å². The highest BCUT2D eigenvalue weighted by Crippen LogP contribution is 2.09. The van der Waals surface area contributed by atoms with Crippen molar-refractivity contribution in [2.75, 3.05) is 12.4 Å². The molecule has 0 aliphatic heterocycles. The number of carbonyl (C=O) groups is 1. The van der Waals surface area contributed by atoms with Gasteiger partial charge in [0.25, 0.3) is 5.24 Å². The van der Waals surface area contributed by atoms with E-state index in [1.165, 1.54) is 0 Å². The molecular weight excluding hydrogens is 210 g/mol. The van der Waals surface area contributed by atoms with Gasteiger partial charge in [-0.3, -0.25) is 4.79 Å². The van der Waals surface area contributed by atoms with Crippen molar-refractivity contribution in [3.05, 3.63) is 30.3 Å². The SMILES string of the molecule is NC(=O)SCCCCOc1ccccc1. The zero-order valence-electron chi connectivity index (χ0n) is 8.52. The smallest absolute Gasteiger partial charge is 0.276 e. The molecule has 15 heavy (non-hydrogen) atoms. The number of ether oxygens (including phenoxy) is 1. The summed E-state index contributed by atoms with van der Waals surface area (Å²) in [5.74, 6) is 1.66. The Morgan fingerprint density at radius 3 is 2.67 bits per heavy atom.